The van der Waals surface area contributed by atoms with Gasteiger partial charge >= 0.3 is 0 Å². The van der Waals surface area contributed by atoms with Crippen molar-refractivity contribution in [1.29, 1.82) is 5.26 Å². The molecule has 5 rings (SSSR count). The van der Waals surface area contributed by atoms with Crippen molar-refractivity contribution in [2.24, 2.45) is 0 Å². The summed E-state index contributed by atoms with van der Waals surface area (Å²) in [6.07, 6.45) is 2.61. The highest BCUT2D eigenvalue weighted by atomic mass is 19.2. The van der Waals surface area contributed by atoms with E-state index < -0.39 is 28.8 Å². The Morgan fingerprint density at radius 1 is 0.897 bits per heavy atom. The van der Waals surface area contributed by atoms with Crippen LogP contribution in [0.25, 0.3) is 22.4 Å². The maximum absolute atomic E-state index is 14.6. The van der Waals surface area contributed by atoms with E-state index in [0.29, 0.717) is 28.5 Å². The van der Waals surface area contributed by atoms with Gasteiger partial charge in [0.1, 0.15) is 0 Å². The van der Waals surface area contributed by atoms with E-state index in [9.17, 15) is 23.2 Å². The number of nitrogens with zero attached hydrogens (tertiary/aromatic N) is 2. The van der Waals surface area contributed by atoms with Crippen LogP contribution in [0.4, 0.5) is 13.2 Å². The van der Waals surface area contributed by atoms with E-state index in [0.717, 1.165) is 11.6 Å². The zero-order valence-electron chi connectivity index (χ0n) is 14.6. The lowest BCUT2D eigenvalue weighted by atomic mass is 9.93. The largest absolute Gasteiger partial charge is 0.289 e. The van der Waals surface area contributed by atoms with Crippen LogP contribution in [0.15, 0.2) is 60.3 Å². The third-order valence-corrected chi connectivity index (χ3v) is 5.16. The van der Waals surface area contributed by atoms with E-state index in [1.165, 1.54) is 0 Å². The maximum atomic E-state index is 14.6. The number of hydrogen-bond acceptors (Lipinski definition) is 3. The second-order valence-corrected chi connectivity index (χ2v) is 6.62. The van der Waals surface area contributed by atoms with Crippen molar-refractivity contribution in [2.75, 3.05) is 0 Å². The van der Waals surface area contributed by atoms with Crippen molar-refractivity contribution in [3.05, 3.63) is 100 Å². The van der Waals surface area contributed by atoms with Crippen molar-refractivity contribution in [1.82, 2.24) is 4.98 Å². The molecule has 1 heterocycles. The molecule has 0 fully saturated rings. The minimum atomic E-state index is -1.68. The van der Waals surface area contributed by atoms with Crippen LogP contribution in [0, 0.1) is 28.8 Å². The number of carbonyl (C=O) groups excluding carboxylic acids is 1. The topological polar surface area (TPSA) is 53.8 Å². The smallest absolute Gasteiger partial charge is 0.195 e. The van der Waals surface area contributed by atoms with Gasteiger partial charge in [-0.2, -0.15) is 5.26 Å². The van der Waals surface area contributed by atoms with Gasteiger partial charge in [-0.25, -0.2) is 13.2 Å². The molecular weight excluding hydrogens is 377 g/mol. The normalized spacial score (nSPS) is 17.9. The minimum Gasteiger partial charge on any atom is -0.289 e. The number of rotatable bonds is 0. The Balaban J connectivity index is 1.93. The van der Waals surface area contributed by atoms with Gasteiger partial charge in [-0.05, 0) is 17.7 Å². The highest BCUT2D eigenvalue weighted by Crippen LogP contribution is 2.50. The number of benzene rings is 2. The quantitative estimate of drug-likeness (QED) is 0.240. The van der Waals surface area contributed by atoms with Crippen molar-refractivity contribution in [3.63, 3.8) is 0 Å². The number of fused-ring (bicyclic) bond motifs is 4. The van der Waals surface area contributed by atoms with E-state index >= 15 is 0 Å². The van der Waals surface area contributed by atoms with Crippen molar-refractivity contribution >= 4 is 16.9 Å². The van der Waals surface area contributed by atoms with Gasteiger partial charge in [0.05, 0.1) is 11.8 Å². The molecule has 0 saturated carbocycles. The monoisotopic (exact) mass is 386 g/mol. The first kappa shape index (κ1) is 17.1. The van der Waals surface area contributed by atoms with Crippen molar-refractivity contribution in [3.8, 4) is 17.3 Å². The SMILES string of the molecule is N#C/C=C1/C(=C2\c3ccccc3-c3ncccc32)C(=O)c2cc(F)c(F)c(F)c21. The lowest BCUT2D eigenvalue weighted by Crippen LogP contribution is -2.01. The highest BCUT2D eigenvalue weighted by molar-refractivity contribution is 6.32. The Labute approximate surface area is 163 Å². The molecule has 0 bridgehead atoms. The van der Waals surface area contributed by atoms with E-state index in [1.807, 2.05) is 12.1 Å². The fourth-order valence-corrected chi connectivity index (χ4v) is 4.02. The molecule has 0 N–H and O–H groups in total. The summed E-state index contributed by atoms with van der Waals surface area (Å²) in [5, 5.41) is 9.24. The first-order valence-electron chi connectivity index (χ1n) is 8.66. The van der Waals surface area contributed by atoms with Gasteiger partial charge in [-0.3, -0.25) is 9.78 Å². The first-order chi connectivity index (χ1) is 14.0. The Bertz CT molecular complexity index is 1320. The average molecular weight is 386 g/mol. The summed E-state index contributed by atoms with van der Waals surface area (Å²) in [6, 6.07) is 13.2. The van der Waals surface area contributed by atoms with Gasteiger partial charge < -0.3 is 0 Å². The van der Waals surface area contributed by atoms with Crippen LogP contribution >= 0.6 is 0 Å². The Morgan fingerprint density at radius 2 is 1.62 bits per heavy atom. The molecule has 3 nitrogen and oxygen atoms in total. The molecule has 0 unspecified atom stereocenters. The van der Waals surface area contributed by atoms with E-state index in [4.69, 9.17) is 0 Å². The summed E-state index contributed by atoms with van der Waals surface area (Å²) in [5.41, 5.74) is 2.47. The molecule has 0 aliphatic heterocycles. The number of allylic oxidation sites excluding steroid dienone is 3. The van der Waals surface area contributed by atoms with E-state index in [-0.39, 0.29) is 16.7 Å². The Morgan fingerprint density at radius 3 is 2.38 bits per heavy atom. The molecule has 0 atom stereocenters. The molecule has 2 aliphatic rings. The third kappa shape index (κ3) is 2.18. The maximum Gasteiger partial charge on any atom is 0.195 e. The van der Waals surface area contributed by atoms with Crippen LogP contribution in [-0.4, -0.2) is 10.8 Å². The lowest BCUT2D eigenvalue weighted by Gasteiger charge is -2.08. The number of ketones is 1. The summed E-state index contributed by atoms with van der Waals surface area (Å²) >= 11 is 0. The molecular formula is C23H9F3N2O. The predicted octanol–water partition coefficient (Wildman–Crippen LogP) is 5.08. The molecule has 2 aromatic carbocycles. The second kappa shape index (κ2) is 6.01. The van der Waals surface area contributed by atoms with E-state index in [1.54, 1.807) is 36.5 Å². The van der Waals surface area contributed by atoms with Gasteiger partial charge in [0, 0.05) is 51.2 Å². The van der Waals surface area contributed by atoms with Crippen LogP contribution in [0.2, 0.25) is 0 Å². The molecule has 1 aromatic heterocycles. The number of aromatic nitrogens is 1. The summed E-state index contributed by atoms with van der Waals surface area (Å²) in [6.45, 7) is 0. The number of carbonyl (C=O) groups is 1. The van der Waals surface area contributed by atoms with Crippen molar-refractivity contribution < 1.29 is 18.0 Å². The second-order valence-electron chi connectivity index (χ2n) is 6.62. The fraction of sp³-hybridized carbons (Fsp3) is 0. The molecule has 0 saturated heterocycles. The summed E-state index contributed by atoms with van der Waals surface area (Å²) in [5.74, 6) is -5.28. The van der Waals surface area contributed by atoms with Gasteiger partial charge in [-0.15, -0.1) is 0 Å². The summed E-state index contributed by atoms with van der Waals surface area (Å²) < 4.78 is 42.3. The number of Topliss-reactive ketones (excluding diaryl/α,β-unsaturated/α-hetero) is 1. The molecule has 29 heavy (non-hydrogen) atoms. The standard InChI is InChI=1S/C23H9F3N2O/c24-16-10-15-18(21(26)20(16)25)13(7-8-27)19(23(15)29)17-11-4-1-2-5-12(11)22-14(17)6-3-9-28-22/h1-7,9-10H/b13-7+,19-17-. The van der Waals surface area contributed by atoms with E-state index in [2.05, 4.69) is 4.98 Å². The number of halogens is 3. The molecule has 138 valence electrons. The first-order valence-corrected chi connectivity index (χ1v) is 8.66. The zero-order valence-corrected chi connectivity index (χ0v) is 14.6. The van der Waals surface area contributed by atoms with Gasteiger partial charge in [0.25, 0.3) is 0 Å². The fourth-order valence-electron chi connectivity index (χ4n) is 4.02. The third-order valence-electron chi connectivity index (χ3n) is 5.16. The van der Waals surface area contributed by atoms with Gasteiger partial charge in [0.15, 0.2) is 23.2 Å². The predicted molar refractivity (Wildman–Crippen MR) is 99.9 cm³/mol. The molecule has 0 spiro atoms. The number of nitriles is 1. The molecule has 3 aromatic rings. The van der Waals surface area contributed by atoms with Crippen LogP contribution in [0.1, 0.15) is 27.0 Å². The summed E-state index contributed by atoms with van der Waals surface area (Å²) in [4.78, 5) is 17.6. The minimum absolute atomic E-state index is 0.0321. The molecule has 0 amide bonds. The van der Waals surface area contributed by atoms with Crippen LogP contribution in [0.5, 0.6) is 0 Å². The summed E-state index contributed by atoms with van der Waals surface area (Å²) in [7, 11) is 0. The lowest BCUT2D eigenvalue weighted by molar-refractivity contribution is 0.104. The van der Waals surface area contributed by atoms with Crippen molar-refractivity contribution in [2.45, 2.75) is 0 Å². The van der Waals surface area contributed by atoms with Crippen LogP contribution in [0.3, 0.4) is 0 Å². The van der Waals surface area contributed by atoms with Crippen LogP contribution < -0.4 is 0 Å². The highest BCUT2D eigenvalue weighted by Gasteiger charge is 2.40. The number of hydrogen-bond donors (Lipinski definition) is 0. The molecule has 6 heteroatoms. The Kier molecular flexibility index (Phi) is 3.55. The molecule has 0 radical (unpaired) electrons. The van der Waals surface area contributed by atoms with Gasteiger partial charge in [-0.1, -0.05) is 30.3 Å². The molecule has 2 aliphatic carbocycles. The van der Waals surface area contributed by atoms with Gasteiger partial charge in [0.2, 0.25) is 0 Å². The Hall–Kier alpha value is -3.98. The average Bonchev–Trinajstić information content (AvgIpc) is 3.19. The number of pyridine rings is 1. The zero-order chi connectivity index (χ0) is 20.3. The van der Waals surface area contributed by atoms with Crippen LogP contribution in [-0.2, 0) is 0 Å².